The summed E-state index contributed by atoms with van der Waals surface area (Å²) in [5.74, 6) is -8.38. The summed E-state index contributed by atoms with van der Waals surface area (Å²) in [6.07, 6.45) is 0. The molecule has 1 aromatic rings. The van der Waals surface area contributed by atoms with Gasteiger partial charge in [-0.2, -0.15) is 0 Å². The Morgan fingerprint density at radius 3 is 2.39 bits per heavy atom. The number of rotatable bonds is 5. The standard InChI is InChI=1S/C18H20F4N2O3S/c1-8(2)28-15-9(3)27-7-24(16(15)25)18(4,5)17(26)23-11-6-10(19)12(20)14(22)13(11)21/h6,8H,7H2,1-5H3,(H,23,26). The van der Waals surface area contributed by atoms with Crippen LogP contribution in [0.2, 0.25) is 0 Å². The minimum absolute atomic E-state index is 0.0775. The van der Waals surface area contributed by atoms with E-state index in [4.69, 9.17) is 4.74 Å². The van der Waals surface area contributed by atoms with Crippen molar-refractivity contribution >= 4 is 29.3 Å². The van der Waals surface area contributed by atoms with Crippen molar-refractivity contribution < 1.29 is 31.9 Å². The van der Waals surface area contributed by atoms with Gasteiger partial charge in [-0.1, -0.05) is 13.8 Å². The molecular weight excluding hydrogens is 400 g/mol. The molecule has 1 N–H and O–H groups in total. The Morgan fingerprint density at radius 2 is 1.82 bits per heavy atom. The lowest BCUT2D eigenvalue weighted by Gasteiger charge is -2.40. The number of nitrogens with one attached hydrogen (secondary N) is 1. The van der Waals surface area contributed by atoms with Gasteiger partial charge in [-0.3, -0.25) is 14.5 Å². The van der Waals surface area contributed by atoms with Gasteiger partial charge in [0.15, 0.2) is 30.0 Å². The highest BCUT2D eigenvalue weighted by Gasteiger charge is 2.42. The van der Waals surface area contributed by atoms with Crippen molar-refractivity contribution in [3.05, 3.63) is 40.0 Å². The van der Waals surface area contributed by atoms with E-state index in [9.17, 15) is 27.2 Å². The average molecular weight is 420 g/mol. The van der Waals surface area contributed by atoms with Gasteiger partial charge in [-0.15, -0.1) is 11.8 Å². The Morgan fingerprint density at radius 1 is 1.21 bits per heavy atom. The topological polar surface area (TPSA) is 58.6 Å². The second-order valence-corrected chi connectivity index (χ2v) is 8.51. The second kappa shape index (κ2) is 8.02. The number of ether oxygens (including phenoxy) is 1. The van der Waals surface area contributed by atoms with E-state index in [0.717, 1.165) is 4.90 Å². The lowest BCUT2D eigenvalue weighted by atomic mass is 10.0. The van der Waals surface area contributed by atoms with Crippen molar-refractivity contribution in [3.63, 3.8) is 0 Å². The Bertz CT molecular complexity index is 856. The van der Waals surface area contributed by atoms with E-state index in [1.54, 1.807) is 6.92 Å². The van der Waals surface area contributed by atoms with Crippen LogP contribution < -0.4 is 5.32 Å². The summed E-state index contributed by atoms with van der Waals surface area (Å²) in [7, 11) is 0. The highest BCUT2D eigenvalue weighted by Crippen LogP contribution is 2.33. The highest BCUT2D eigenvalue weighted by molar-refractivity contribution is 8.04. The Kier molecular flexibility index (Phi) is 6.32. The molecular formula is C18H20F4N2O3S. The first-order chi connectivity index (χ1) is 12.9. The summed E-state index contributed by atoms with van der Waals surface area (Å²) in [5, 5.41) is 2.09. The van der Waals surface area contributed by atoms with Gasteiger partial charge in [0.25, 0.3) is 5.91 Å². The van der Waals surface area contributed by atoms with Gasteiger partial charge >= 0.3 is 0 Å². The molecule has 154 valence electrons. The van der Waals surface area contributed by atoms with Crippen LogP contribution in [0.5, 0.6) is 0 Å². The fraction of sp³-hybridized carbons (Fsp3) is 0.444. The first-order valence-electron chi connectivity index (χ1n) is 8.34. The average Bonchev–Trinajstić information content (AvgIpc) is 2.60. The summed E-state index contributed by atoms with van der Waals surface area (Å²) in [4.78, 5) is 26.9. The Hall–Kier alpha value is -2.23. The van der Waals surface area contributed by atoms with Gasteiger partial charge in [0.1, 0.15) is 16.2 Å². The van der Waals surface area contributed by atoms with Crippen LogP contribution in [-0.4, -0.2) is 34.2 Å². The van der Waals surface area contributed by atoms with Crippen molar-refractivity contribution in [3.8, 4) is 0 Å². The minimum Gasteiger partial charge on any atom is -0.476 e. The zero-order valence-corrected chi connectivity index (χ0v) is 16.8. The minimum atomic E-state index is -2.04. The van der Waals surface area contributed by atoms with E-state index in [2.05, 4.69) is 0 Å². The number of nitrogens with zero attached hydrogens (tertiary/aromatic N) is 1. The first kappa shape index (κ1) is 22.1. The first-order valence-corrected chi connectivity index (χ1v) is 9.22. The molecule has 0 bridgehead atoms. The maximum atomic E-state index is 13.9. The number of carbonyl (C=O) groups excluding carboxylic acids is 2. The predicted molar refractivity (Wildman–Crippen MR) is 97.2 cm³/mol. The molecule has 0 atom stereocenters. The molecule has 0 saturated carbocycles. The quantitative estimate of drug-likeness (QED) is 0.442. The van der Waals surface area contributed by atoms with Crippen LogP contribution >= 0.6 is 11.8 Å². The molecule has 0 fully saturated rings. The Labute approximate surface area is 164 Å². The third-order valence-electron chi connectivity index (χ3n) is 4.10. The second-order valence-electron chi connectivity index (χ2n) is 6.92. The van der Waals surface area contributed by atoms with E-state index in [1.165, 1.54) is 25.6 Å². The van der Waals surface area contributed by atoms with Gasteiger partial charge in [-0.05, 0) is 20.8 Å². The van der Waals surface area contributed by atoms with Crippen molar-refractivity contribution in [2.24, 2.45) is 0 Å². The molecule has 0 radical (unpaired) electrons. The van der Waals surface area contributed by atoms with Crippen LogP contribution in [0.4, 0.5) is 23.2 Å². The van der Waals surface area contributed by atoms with Crippen molar-refractivity contribution in [2.45, 2.75) is 45.4 Å². The number of anilines is 1. The van der Waals surface area contributed by atoms with Crippen molar-refractivity contribution in [2.75, 3.05) is 12.0 Å². The summed E-state index contributed by atoms with van der Waals surface area (Å²) in [6.45, 7) is 7.91. The number of carbonyl (C=O) groups is 2. The molecule has 1 aliphatic rings. The number of benzene rings is 1. The zero-order chi connectivity index (χ0) is 21.4. The van der Waals surface area contributed by atoms with E-state index in [1.807, 2.05) is 19.2 Å². The highest BCUT2D eigenvalue weighted by atomic mass is 32.2. The third kappa shape index (κ3) is 4.11. The monoisotopic (exact) mass is 420 g/mol. The largest absolute Gasteiger partial charge is 0.476 e. The lowest BCUT2D eigenvalue weighted by Crippen LogP contribution is -2.57. The van der Waals surface area contributed by atoms with Crippen LogP contribution in [0.1, 0.15) is 34.6 Å². The van der Waals surface area contributed by atoms with E-state index in [-0.39, 0.29) is 12.0 Å². The fourth-order valence-electron chi connectivity index (χ4n) is 2.40. The zero-order valence-electron chi connectivity index (χ0n) is 16.0. The maximum Gasteiger partial charge on any atom is 0.267 e. The molecule has 0 aromatic heterocycles. The molecule has 1 heterocycles. The van der Waals surface area contributed by atoms with E-state index >= 15 is 0 Å². The van der Waals surface area contributed by atoms with Crippen LogP contribution in [0.25, 0.3) is 0 Å². The number of thioether (sulfide) groups is 1. The molecule has 1 aromatic carbocycles. The molecule has 0 unspecified atom stereocenters. The molecule has 5 nitrogen and oxygen atoms in total. The summed E-state index contributed by atoms with van der Waals surface area (Å²) >= 11 is 1.27. The molecule has 0 saturated heterocycles. The van der Waals surface area contributed by atoms with Crippen LogP contribution in [-0.2, 0) is 14.3 Å². The lowest BCUT2D eigenvalue weighted by molar-refractivity contribution is -0.148. The molecule has 0 spiro atoms. The van der Waals surface area contributed by atoms with Crippen molar-refractivity contribution in [1.82, 2.24) is 4.90 Å². The van der Waals surface area contributed by atoms with Gasteiger partial charge in [0, 0.05) is 11.3 Å². The van der Waals surface area contributed by atoms with E-state index in [0.29, 0.717) is 16.7 Å². The fourth-order valence-corrected chi connectivity index (χ4v) is 3.31. The van der Waals surface area contributed by atoms with E-state index < -0.39 is 46.3 Å². The van der Waals surface area contributed by atoms with Crippen molar-refractivity contribution in [1.29, 1.82) is 0 Å². The predicted octanol–water partition coefficient (Wildman–Crippen LogP) is 4.15. The number of hydrogen-bond acceptors (Lipinski definition) is 4. The van der Waals surface area contributed by atoms with Gasteiger partial charge in [-0.25, -0.2) is 17.6 Å². The molecule has 2 rings (SSSR count). The van der Waals surface area contributed by atoms with Gasteiger partial charge in [0.2, 0.25) is 5.91 Å². The normalized spacial score (nSPS) is 15.2. The molecule has 1 aliphatic heterocycles. The van der Waals surface area contributed by atoms with Crippen LogP contribution in [0, 0.1) is 23.3 Å². The number of halogens is 4. The van der Waals surface area contributed by atoms with Gasteiger partial charge in [0.05, 0.1) is 5.69 Å². The SMILES string of the molecule is CC1=C(SC(C)C)C(=O)N(C(C)(C)C(=O)Nc2cc(F)c(F)c(F)c2F)CO1. The number of allylic oxidation sites excluding steroid dienone is 1. The van der Waals surface area contributed by atoms with Gasteiger partial charge < -0.3 is 10.1 Å². The summed E-state index contributed by atoms with van der Waals surface area (Å²) < 4.78 is 59.2. The summed E-state index contributed by atoms with van der Waals surface area (Å²) in [5.41, 5.74) is -2.43. The van der Waals surface area contributed by atoms with Crippen LogP contribution in [0.3, 0.4) is 0 Å². The molecule has 28 heavy (non-hydrogen) atoms. The summed E-state index contributed by atoms with van der Waals surface area (Å²) in [6, 6.07) is 0.334. The van der Waals surface area contributed by atoms with Crippen LogP contribution in [0.15, 0.2) is 16.7 Å². The third-order valence-corrected chi connectivity index (χ3v) is 5.27. The smallest absolute Gasteiger partial charge is 0.267 e. The molecule has 10 heteroatoms. The number of amides is 2. The maximum absolute atomic E-state index is 13.9. The molecule has 2 amide bonds. The Balaban J connectivity index is 2.30. The molecule has 0 aliphatic carbocycles. The number of hydrogen-bond donors (Lipinski definition) is 1.